The number of nitrogens with two attached hydrogens (primary N) is 1. The number of hydrogen-bond acceptors (Lipinski definition) is 6. The first-order valence-corrected chi connectivity index (χ1v) is 9.25. The molecule has 7 heteroatoms. The van der Waals surface area contributed by atoms with E-state index < -0.39 is 0 Å². The molecule has 0 spiro atoms. The van der Waals surface area contributed by atoms with Crippen LogP contribution in [0.3, 0.4) is 0 Å². The fraction of sp³-hybridized carbons (Fsp3) is 0.375. The molecule has 1 saturated heterocycles. The van der Waals surface area contributed by atoms with Gasteiger partial charge in [-0.2, -0.15) is 0 Å². The average molecular weight is 349 g/mol. The molecule has 5 nitrogen and oxygen atoms in total. The highest BCUT2D eigenvalue weighted by atomic mass is 32.2. The lowest BCUT2D eigenvalue weighted by Gasteiger charge is -2.22. The van der Waals surface area contributed by atoms with Gasteiger partial charge in [0.2, 0.25) is 0 Å². The van der Waals surface area contributed by atoms with Crippen LogP contribution < -0.4 is 10.5 Å². The molecular formula is C16H19N3O2S2. The van der Waals surface area contributed by atoms with Gasteiger partial charge in [0.15, 0.2) is 0 Å². The van der Waals surface area contributed by atoms with Crippen LogP contribution >= 0.6 is 23.1 Å². The molecule has 1 aliphatic heterocycles. The van der Waals surface area contributed by atoms with Crippen LogP contribution in [0.2, 0.25) is 0 Å². The lowest BCUT2D eigenvalue weighted by Crippen LogP contribution is -2.38. The van der Waals surface area contributed by atoms with Crippen LogP contribution in [0.1, 0.15) is 14.7 Å². The van der Waals surface area contributed by atoms with Crippen molar-refractivity contribution in [2.45, 2.75) is 12.3 Å². The van der Waals surface area contributed by atoms with Crippen LogP contribution in [-0.4, -0.2) is 47.1 Å². The van der Waals surface area contributed by atoms with Crippen molar-refractivity contribution in [3.8, 4) is 17.0 Å². The van der Waals surface area contributed by atoms with Crippen molar-refractivity contribution in [3.05, 3.63) is 34.2 Å². The summed E-state index contributed by atoms with van der Waals surface area (Å²) >= 11 is 3.17. The summed E-state index contributed by atoms with van der Waals surface area (Å²) in [6.07, 6.45) is 0. The number of rotatable bonds is 4. The Bertz CT molecular complexity index is 717. The third kappa shape index (κ3) is 3.22. The first kappa shape index (κ1) is 16.3. The fourth-order valence-corrected chi connectivity index (χ4v) is 4.61. The van der Waals surface area contributed by atoms with Crippen LogP contribution in [0.5, 0.6) is 5.75 Å². The molecule has 0 aliphatic carbocycles. The van der Waals surface area contributed by atoms with E-state index in [1.54, 1.807) is 18.9 Å². The molecular weight excluding hydrogens is 330 g/mol. The molecule has 1 aliphatic rings. The summed E-state index contributed by atoms with van der Waals surface area (Å²) in [5.74, 6) is 1.71. The van der Waals surface area contributed by atoms with Gasteiger partial charge in [-0.25, -0.2) is 4.98 Å². The number of aryl methyl sites for hydroxylation is 1. The third-order valence-corrected chi connectivity index (χ3v) is 5.93. The van der Waals surface area contributed by atoms with Gasteiger partial charge in [0.25, 0.3) is 5.91 Å². The van der Waals surface area contributed by atoms with Crippen molar-refractivity contribution in [1.82, 2.24) is 9.88 Å². The molecule has 2 N–H and O–H groups in total. The molecule has 3 rings (SSSR count). The van der Waals surface area contributed by atoms with E-state index in [1.165, 1.54) is 11.3 Å². The number of benzene rings is 1. The van der Waals surface area contributed by atoms with Crippen molar-refractivity contribution in [1.29, 1.82) is 0 Å². The number of carbonyl (C=O) groups is 1. The topological polar surface area (TPSA) is 68.5 Å². The van der Waals surface area contributed by atoms with Crippen molar-refractivity contribution >= 4 is 29.0 Å². The molecule has 0 radical (unpaired) electrons. The van der Waals surface area contributed by atoms with Gasteiger partial charge in [0.1, 0.15) is 10.6 Å². The van der Waals surface area contributed by atoms with Gasteiger partial charge >= 0.3 is 0 Å². The van der Waals surface area contributed by atoms with Gasteiger partial charge < -0.3 is 15.4 Å². The van der Waals surface area contributed by atoms with Crippen LogP contribution in [0.4, 0.5) is 0 Å². The van der Waals surface area contributed by atoms with Crippen LogP contribution in [0.25, 0.3) is 11.3 Å². The number of thiazole rings is 1. The highest BCUT2D eigenvalue weighted by molar-refractivity contribution is 8.00. The summed E-state index contributed by atoms with van der Waals surface area (Å²) in [6.45, 7) is 3.13. The number of ether oxygens (including phenoxy) is 1. The van der Waals surface area contributed by atoms with Gasteiger partial charge in [-0.05, 0) is 19.1 Å². The van der Waals surface area contributed by atoms with E-state index in [2.05, 4.69) is 4.98 Å². The molecule has 0 saturated carbocycles. The molecule has 1 fully saturated rings. The minimum absolute atomic E-state index is 0.0221. The SMILES string of the molecule is COc1cccc(-c2nc(C)sc2C(=O)N2CCSC2CN)c1. The zero-order chi connectivity index (χ0) is 16.4. The first-order chi connectivity index (χ1) is 11.1. The van der Waals surface area contributed by atoms with Crippen LogP contribution in [-0.2, 0) is 0 Å². The average Bonchev–Trinajstić information content (AvgIpc) is 3.20. The normalized spacial score (nSPS) is 17.5. The number of aromatic nitrogens is 1. The van der Waals surface area contributed by atoms with E-state index >= 15 is 0 Å². The maximum Gasteiger partial charge on any atom is 0.267 e. The summed E-state index contributed by atoms with van der Waals surface area (Å²) in [5, 5.41) is 0.936. The minimum Gasteiger partial charge on any atom is -0.497 e. The molecule has 1 amide bonds. The van der Waals surface area contributed by atoms with Gasteiger partial charge in [0.05, 0.1) is 23.2 Å². The minimum atomic E-state index is 0.0221. The maximum atomic E-state index is 13.0. The van der Waals surface area contributed by atoms with Crippen molar-refractivity contribution < 1.29 is 9.53 Å². The smallest absolute Gasteiger partial charge is 0.267 e. The van der Waals surface area contributed by atoms with E-state index in [-0.39, 0.29) is 11.3 Å². The number of methoxy groups -OCH3 is 1. The Labute approximate surface area is 143 Å². The third-order valence-electron chi connectivity index (χ3n) is 3.72. The van der Waals surface area contributed by atoms with E-state index in [0.717, 1.165) is 34.3 Å². The molecule has 1 unspecified atom stereocenters. The van der Waals surface area contributed by atoms with E-state index in [1.807, 2.05) is 36.1 Å². The molecule has 2 heterocycles. The van der Waals surface area contributed by atoms with Crippen LogP contribution in [0.15, 0.2) is 24.3 Å². The quantitative estimate of drug-likeness (QED) is 0.919. The molecule has 1 aromatic heterocycles. The number of amides is 1. The van der Waals surface area contributed by atoms with Gasteiger partial charge in [-0.1, -0.05) is 12.1 Å². The number of nitrogens with zero attached hydrogens (tertiary/aromatic N) is 2. The summed E-state index contributed by atoms with van der Waals surface area (Å²) in [5.41, 5.74) is 7.41. The lowest BCUT2D eigenvalue weighted by atomic mass is 10.1. The molecule has 23 heavy (non-hydrogen) atoms. The fourth-order valence-electron chi connectivity index (χ4n) is 2.62. The monoisotopic (exact) mass is 349 g/mol. The summed E-state index contributed by atoms with van der Waals surface area (Å²) < 4.78 is 5.28. The Balaban J connectivity index is 1.98. The van der Waals surface area contributed by atoms with Crippen molar-refractivity contribution in [3.63, 3.8) is 0 Å². The van der Waals surface area contributed by atoms with Gasteiger partial charge in [-0.15, -0.1) is 23.1 Å². The predicted octanol–water partition coefficient (Wildman–Crippen LogP) is 2.60. The number of hydrogen-bond donors (Lipinski definition) is 1. The van der Waals surface area contributed by atoms with E-state index in [0.29, 0.717) is 11.4 Å². The molecule has 0 bridgehead atoms. The largest absolute Gasteiger partial charge is 0.497 e. The number of carbonyl (C=O) groups excluding carboxylic acids is 1. The standard InChI is InChI=1S/C16H19N3O2S2/c1-10-18-14(11-4-3-5-12(8-11)21-2)15(23-10)16(20)19-6-7-22-13(19)9-17/h3-5,8,13H,6-7,9,17H2,1-2H3. The Hall–Kier alpha value is -1.57. The Morgan fingerprint density at radius 2 is 2.35 bits per heavy atom. The highest BCUT2D eigenvalue weighted by Crippen LogP contribution is 2.33. The summed E-state index contributed by atoms with van der Waals surface area (Å²) in [6, 6.07) is 7.65. The second-order valence-corrected chi connectivity index (χ2v) is 7.69. The van der Waals surface area contributed by atoms with Gasteiger partial charge in [0, 0.05) is 24.4 Å². The second kappa shape index (κ2) is 6.90. The molecule has 2 aromatic rings. The second-order valence-electron chi connectivity index (χ2n) is 5.20. The Morgan fingerprint density at radius 3 is 3.09 bits per heavy atom. The molecule has 122 valence electrons. The molecule has 1 atom stereocenters. The Morgan fingerprint density at radius 1 is 1.52 bits per heavy atom. The zero-order valence-electron chi connectivity index (χ0n) is 13.1. The predicted molar refractivity (Wildman–Crippen MR) is 95.2 cm³/mol. The van der Waals surface area contributed by atoms with Crippen molar-refractivity contribution in [2.75, 3.05) is 26.0 Å². The zero-order valence-corrected chi connectivity index (χ0v) is 14.7. The lowest BCUT2D eigenvalue weighted by molar-refractivity contribution is 0.0769. The highest BCUT2D eigenvalue weighted by Gasteiger charge is 2.32. The Kier molecular flexibility index (Phi) is 4.89. The van der Waals surface area contributed by atoms with Crippen molar-refractivity contribution in [2.24, 2.45) is 5.73 Å². The first-order valence-electron chi connectivity index (χ1n) is 7.38. The van der Waals surface area contributed by atoms with E-state index in [4.69, 9.17) is 10.5 Å². The summed E-state index contributed by atoms with van der Waals surface area (Å²) in [7, 11) is 1.63. The van der Waals surface area contributed by atoms with Gasteiger partial charge in [-0.3, -0.25) is 4.79 Å². The summed E-state index contributed by atoms with van der Waals surface area (Å²) in [4.78, 5) is 20.1. The van der Waals surface area contributed by atoms with Crippen LogP contribution in [0, 0.1) is 6.92 Å². The van der Waals surface area contributed by atoms with E-state index in [9.17, 15) is 4.79 Å². The number of thioether (sulfide) groups is 1. The molecule has 1 aromatic carbocycles. The maximum absolute atomic E-state index is 13.0.